The third-order valence-electron chi connectivity index (χ3n) is 5.83. The second-order valence-electron chi connectivity index (χ2n) is 7.90. The minimum absolute atomic E-state index is 0.182. The number of hydrogen-bond acceptors (Lipinski definition) is 3. The van der Waals surface area contributed by atoms with Crippen LogP contribution in [0.3, 0.4) is 0 Å². The van der Waals surface area contributed by atoms with E-state index in [-0.39, 0.29) is 17.5 Å². The molecule has 1 aliphatic rings. The highest BCUT2D eigenvalue weighted by Gasteiger charge is 2.30. The van der Waals surface area contributed by atoms with E-state index >= 15 is 0 Å². The number of carboxylic acids is 1. The molecule has 0 bridgehead atoms. The molecule has 2 aromatic carbocycles. The van der Waals surface area contributed by atoms with Crippen LogP contribution in [0.4, 0.5) is 4.39 Å². The summed E-state index contributed by atoms with van der Waals surface area (Å²) >= 11 is 0. The summed E-state index contributed by atoms with van der Waals surface area (Å²) in [5.74, 6) is 1.23. The standard InChI is InChI=1S/C25H25FO4/c1-16-22(15-23(29-16)17-7-11-20(26)12-8-17)24(18-5-3-2-4-6-18)30-21-13-9-19(10-14-21)25(27)28/h7-15,18,24H,2-6H2,1H3,(H,27,28). The van der Waals surface area contributed by atoms with Crippen LogP contribution in [0, 0.1) is 18.7 Å². The van der Waals surface area contributed by atoms with Gasteiger partial charge in [0.15, 0.2) is 0 Å². The third kappa shape index (κ3) is 4.40. The smallest absolute Gasteiger partial charge is 0.335 e. The summed E-state index contributed by atoms with van der Waals surface area (Å²) < 4.78 is 25.7. The van der Waals surface area contributed by atoms with Crippen molar-refractivity contribution >= 4 is 5.97 Å². The first-order chi connectivity index (χ1) is 14.5. The number of ether oxygens (including phenoxy) is 1. The molecule has 4 rings (SSSR count). The summed E-state index contributed by atoms with van der Waals surface area (Å²) in [4.78, 5) is 11.1. The van der Waals surface area contributed by atoms with E-state index in [1.807, 2.05) is 13.0 Å². The monoisotopic (exact) mass is 408 g/mol. The average molecular weight is 408 g/mol. The molecule has 0 amide bonds. The van der Waals surface area contributed by atoms with E-state index in [9.17, 15) is 9.18 Å². The molecular formula is C25H25FO4. The summed E-state index contributed by atoms with van der Waals surface area (Å²) in [5.41, 5.74) is 2.04. The zero-order chi connectivity index (χ0) is 21.1. The number of carboxylic acid groups (broad SMARTS) is 1. The fraction of sp³-hybridized carbons (Fsp3) is 0.320. The van der Waals surface area contributed by atoms with Gasteiger partial charge in [-0.25, -0.2) is 9.18 Å². The molecule has 0 spiro atoms. The maximum atomic E-state index is 13.3. The number of halogens is 1. The van der Waals surface area contributed by atoms with Crippen molar-refractivity contribution in [3.8, 4) is 17.1 Å². The summed E-state index contributed by atoms with van der Waals surface area (Å²) in [5, 5.41) is 9.13. The molecule has 4 nitrogen and oxygen atoms in total. The fourth-order valence-electron chi connectivity index (χ4n) is 4.21. The molecule has 156 valence electrons. The first-order valence-corrected chi connectivity index (χ1v) is 10.4. The maximum Gasteiger partial charge on any atom is 0.335 e. The van der Waals surface area contributed by atoms with Gasteiger partial charge in [0.1, 0.15) is 29.2 Å². The van der Waals surface area contributed by atoms with Crippen LogP contribution in [-0.4, -0.2) is 11.1 Å². The van der Waals surface area contributed by atoms with Crippen LogP contribution in [0.5, 0.6) is 5.75 Å². The van der Waals surface area contributed by atoms with Gasteiger partial charge in [0.25, 0.3) is 0 Å². The van der Waals surface area contributed by atoms with E-state index in [0.717, 1.165) is 29.7 Å². The highest BCUT2D eigenvalue weighted by molar-refractivity contribution is 5.87. The molecule has 3 aromatic rings. The van der Waals surface area contributed by atoms with Crippen molar-refractivity contribution in [2.75, 3.05) is 0 Å². The van der Waals surface area contributed by atoms with Gasteiger partial charge in [-0.1, -0.05) is 19.3 Å². The van der Waals surface area contributed by atoms with E-state index in [0.29, 0.717) is 17.4 Å². The van der Waals surface area contributed by atoms with Gasteiger partial charge in [-0.15, -0.1) is 0 Å². The summed E-state index contributed by atoms with van der Waals surface area (Å²) in [7, 11) is 0. The average Bonchev–Trinajstić information content (AvgIpc) is 3.14. The van der Waals surface area contributed by atoms with Crippen LogP contribution in [0.1, 0.15) is 59.9 Å². The van der Waals surface area contributed by atoms with E-state index in [1.165, 1.54) is 31.4 Å². The minimum atomic E-state index is -0.958. The summed E-state index contributed by atoms with van der Waals surface area (Å²) in [6.07, 6.45) is 5.55. The van der Waals surface area contributed by atoms with Crippen LogP contribution in [0.15, 0.2) is 59.0 Å². The Hall–Kier alpha value is -3.08. The summed E-state index contributed by atoms with van der Waals surface area (Å²) in [6, 6.07) is 14.8. The van der Waals surface area contributed by atoms with Crippen molar-refractivity contribution in [1.29, 1.82) is 0 Å². The van der Waals surface area contributed by atoms with Crippen molar-refractivity contribution < 1.29 is 23.4 Å². The predicted octanol–water partition coefficient (Wildman–Crippen LogP) is 6.79. The Balaban J connectivity index is 1.65. The number of benzene rings is 2. The Morgan fingerprint density at radius 1 is 1.07 bits per heavy atom. The molecule has 1 fully saturated rings. The molecule has 30 heavy (non-hydrogen) atoms. The second-order valence-corrected chi connectivity index (χ2v) is 7.90. The van der Waals surface area contributed by atoms with Crippen LogP contribution in [-0.2, 0) is 0 Å². The topological polar surface area (TPSA) is 59.7 Å². The second kappa shape index (κ2) is 8.74. The number of hydrogen-bond donors (Lipinski definition) is 1. The maximum absolute atomic E-state index is 13.3. The van der Waals surface area contributed by atoms with Crippen molar-refractivity contribution in [2.45, 2.75) is 45.1 Å². The zero-order valence-electron chi connectivity index (χ0n) is 16.9. The Bertz CT molecular complexity index is 999. The Labute approximate surface area is 175 Å². The molecule has 1 aliphatic carbocycles. The Morgan fingerprint density at radius 3 is 2.37 bits per heavy atom. The lowest BCUT2D eigenvalue weighted by molar-refractivity contribution is 0.0696. The largest absolute Gasteiger partial charge is 0.485 e. The number of aromatic carboxylic acids is 1. The number of aryl methyl sites for hydroxylation is 1. The van der Waals surface area contributed by atoms with E-state index in [2.05, 4.69) is 0 Å². The predicted molar refractivity (Wildman–Crippen MR) is 112 cm³/mol. The Kier molecular flexibility index (Phi) is 5.88. The van der Waals surface area contributed by atoms with Crippen molar-refractivity contribution in [1.82, 2.24) is 0 Å². The number of furan rings is 1. The van der Waals surface area contributed by atoms with Crippen LogP contribution < -0.4 is 4.74 Å². The first kappa shape index (κ1) is 20.2. The minimum Gasteiger partial charge on any atom is -0.485 e. The quantitative estimate of drug-likeness (QED) is 0.488. The van der Waals surface area contributed by atoms with Gasteiger partial charge in [0.05, 0.1) is 5.56 Å². The molecule has 1 saturated carbocycles. The lowest BCUT2D eigenvalue weighted by atomic mass is 9.82. The van der Waals surface area contributed by atoms with Crippen molar-refractivity contribution in [2.24, 2.45) is 5.92 Å². The zero-order valence-corrected chi connectivity index (χ0v) is 16.9. The Morgan fingerprint density at radius 2 is 1.73 bits per heavy atom. The highest BCUT2D eigenvalue weighted by atomic mass is 19.1. The molecular weight excluding hydrogens is 383 g/mol. The van der Waals surface area contributed by atoms with E-state index < -0.39 is 5.97 Å². The molecule has 1 unspecified atom stereocenters. The molecule has 0 radical (unpaired) electrons. The van der Waals surface area contributed by atoms with Gasteiger partial charge in [-0.2, -0.15) is 0 Å². The highest BCUT2D eigenvalue weighted by Crippen LogP contribution is 2.41. The summed E-state index contributed by atoms with van der Waals surface area (Å²) in [6.45, 7) is 1.93. The van der Waals surface area contributed by atoms with Gasteiger partial charge in [-0.3, -0.25) is 0 Å². The first-order valence-electron chi connectivity index (χ1n) is 10.4. The SMILES string of the molecule is Cc1oc(-c2ccc(F)cc2)cc1C(Oc1ccc(C(=O)O)cc1)C1CCCCC1. The van der Waals surface area contributed by atoms with Gasteiger partial charge in [0, 0.05) is 17.0 Å². The lowest BCUT2D eigenvalue weighted by Gasteiger charge is -2.30. The number of carbonyl (C=O) groups is 1. The third-order valence-corrected chi connectivity index (χ3v) is 5.83. The van der Waals surface area contributed by atoms with Gasteiger partial charge in [0.2, 0.25) is 0 Å². The molecule has 5 heteroatoms. The van der Waals surface area contributed by atoms with Crippen LogP contribution in [0.2, 0.25) is 0 Å². The fourth-order valence-corrected chi connectivity index (χ4v) is 4.21. The molecule has 1 heterocycles. The molecule has 0 aliphatic heterocycles. The van der Waals surface area contributed by atoms with Crippen LogP contribution >= 0.6 is 0 Å². The molecule has 1 aromatic heterocycles. The van der Waals surface area contributed by atoms with E-state index in [4.69, 9.17) is 14.3 Å². The number of rotatable bonds is 6. The van der Waals surface area contributed by atoms with Gasteiger partial charge >= 0.3 is 5.97 Å². The van der Waals surface area contributed by atoms with E-state index in [1.54, 1.807) is 36.4 Å². The molecule has 0 saturated heterocycles. The molecule has 1 atom stereocenters. The van der Waals surface area contributed by atoms with Crippen LogP contribution in [0.25, 0.3) is 11.3 Å². The van der Waals surface area contributed by atoms with Crippen molar-refractivity contribution in [3.63, 3.8) is 0 Å². The normalized spacial score (nSPS) is 15.7. The van der Waals surface area contributed by atoms with Gasteiger partial charge in [-0.05, 0) is 74.4 Å². The van der Waals surface area contributed by atoms with Crippen molar-refractivity contribution in [3.05, 3.63) is 77.3 Å². The lowest BCUT2D eigenvalue weighted by Crippen LogP contribution is -2.21. The van der Waals surface area contributed by atoms with Gasteiger partial charge < -0.3 is 14.3 Å². The molecule has 1 N–H and O–H groups in total.